The number of nitro benzene ring substituents is 1. The quantitative estimate of drug-likeness (QED) is 0.667. The number of nitro groups is 2. The molecule has 1 heterocycles. The van der Waals surface area contributed by atoms with E-state index in [2.05, 4.69) is 4.98 Å². The van der Waals surface area contributed by atoms with Crippen LogP contribution in [0.3, 0.4) is 0 Å². The van der Waals surface area contributed by atoms with Crippen LogP contribution in [0.1, 0.15) is 0 Å². The van der Waals surface area contributed by atoms with Gasteiger partial charge in [0.2, 0.25) is 0 Å². The van der Waals surface area contributed by atoms with E-state index in [9.17, 15) is 25.0 Å². The van der Waals surface area contributed by atoms with Crippen molar-refractivity contribution >= 4 is 11.4 Å². The normalized spacial score (nSPS) is 10.1. The van der Waals surface area contributed by atoms with Gasteiger partial charge >= 0.3 is 11.2 Å². The molecule has 1 aromatic carbocycles. The summed E-state index contributed by atoms with van der Waals surface area (Å²) in [7, 11) is 0. The van der Waals surface area contributed by atoms with Gasteiger partial charge < -0.3 is 4.98 Å². The van der Waals surface area contributed by atoms with E-state index in [1.54, 1.807) is 6.07 Å². The van der Waals surface area contributed by atoms with Crippen molar-refractivity contribution in [1.29, 1.82) is 0 Å². The van der Waals surface area contributed by atoms with Crippen molar-refractivity contribution in [2.75, 3.05) is 0 Å². The van der Waals surface area contributed by atoms with E-state index in [0.29, 0.717) is 11.1 Å². The Morgan fingerprint density at radius 3 is 2.37 bits per heavy atom. The van der Waals surface area contributed by atoms with Crippen LogP contribution in [0.25, 0.3) is 11.1 Å². The zero-order valence-corrected chi connectivity index (χ0v) is 9.40. The summed E-state index contributed by atoms with van der Waals surface area (Å²) in [6.45, 7) is 0. The number of aromatic amines is 1. The Bertz CT molecular complexity index is 722. The Morgan fingerprint density at radius 1 is 1.00 bits per heavy atom. The Balaban J connectivity index is 2.56. The first kappa shape index (κ1) is 12.4. The molecule has 0 spiro atoms. The summed E-state index contributed by atoms with van der Waals surface area (Å²) in [5, 5.41) is 21.3. The molecule has 19 heavy (non-hydrogen) atoms. The molecule has 0 atom stereocenters. The van der Waals surface area contributed by atoms with Gasteiger partial charge in [0.1, 0.15) is 0 Å². The first-order chi connectivity index (χ1) is 8.99. The minimum atomic E-state index is -0.820. The Hall–Kier alpha value is -3.03. The summed E-state index contributed by atoms with van der Waals surface area (Å²) in [6.07, 6.45) is 1.27. The standard InChI is InChI=1S/C11H7N3O5/c15-11-10(14(18)19)5-8(6-12-11)7-2-1-3-9(4-7)13(16)17/h1-6H,(H,12,15). The van der Waals surface area contributed by atoms with Gasteiger partial charge in [0, 0.05) is 30.0 Å². The lowest BCUT2D eigenvalue weighted by Crippen LogP contribution is -2.10. The lowest BCUT2D eigenvalue weighted by Gasteiger charge is -2.01. The van der Waals surface area contributed by atoms with Crippen LogP contribution < -0.4 is 5.56 Å². The molecule has 0 saturated heterocycles. The third-order valence-corrected chi connectivity index (χ3v) is 2.47. The number of aromatic nitrogens is 1. The highest BCUT2D eigenvalue weighted by molar-refractivity contribution is 5.67. The summed E-state index contributed by atoms with van der Waals surface area (Å²) in [5.74, 6) is 0. The van der Waals surface area contributed by atoms with Crippen molar-refractivity contribution in [1.82, 2.24) is 4.98 Å². The molecule has 0 unspecified atom stereocenters. The Morgan fingerprint density at radius 2 is 1.74 bits per heavy atom. The number of non-ortho nitro benzene ring substituents is 1. The fraction of sp³-hybridized carbons (Fsp3) is 0. The molecule has 8 nitrogen and oxygen atoms in total. The van der Waals surface area contributed by atoms with Crippen molar-refractivity contribution in [2.24, 2.45) is 0 Å². The lowest BCUT2D eigenvalue weighted by atomic mass is 10.1. The van der Waals surface area contributed by atoms with E-state index in [1.165, 1.54) is 24.4 Å². The maximum absolute atomic E-state index is 11.2. The largest absolute Gasteiger partial charge is 0.334 e. The van der Waals surface area contributed by atoms with Crippen LogP contribution in [0, 0.1) is 20.2 Å². The zero-order chi connectivity index (χ0) is 14.0. The average molecular weight is 261 g/mol. The first-order valence-corrected chi connectivity index (χ1v) is 5.11. The van der Waals surface area contributed by atoms with Gasteiger partial charge in [-0.3, -0.25) is 25.0 Å². The van der Waals surface area contributed by atoms with Crippen molar-refractivity contribution in [3.05, 3.63) is 67.1 Å². The summed E-state index contributed by atoms with van der Waals surface area (Å²) in [5.41, 5.74) is -0.821. The molecular formula is C11H7N3O5. The summed E-state index contributed by atoms with van der Waals surface area (Å²) in [6, 6.07) is 6.69. The van der Waals surface area contributed by atoms with Gasteiger partial charge in [0.25, 0.3) is 5.69 Å². The fourth-order valence-corrected chi connectivity index (χ4v) is 1.57. The van der Waals surface area contributed by atoms with Crippen LogP contribution in [0.2, 0.25) is 0 Å². The fourth-order valence-electron chi connectivity index (χ4n) is 1.57. The van der Waals surface area contributed by atoms with Crippen LogP contribution in [0.5, 0.6) is 0 Å². The van der Waals surface area contributed by atoms with E-state index < -0.39 is 21.1 Å². The molecule has 0 aliphatic heterocycles. The molecule has 2 aromatic rings. The zero-order valence-electron chi connectivity index (χ0n) is 9.40. The van der Waals surface area contributed by atoms with Gasteiger partial charge in [-0.2, -0.15) is 0 Å². The van der Waals surface area contributed by atoms with Crippen molar-refractivity contribution < 1.29 is 9.85 Å². The lowest BCUT2D eigenvalue weighted by molar-refractivity contribution is -0.386. The Kier molecular flexibility index (Phi) is 3.06. The first-order valence-electron chi connectivity index (χ1n) is 5.11. The highest BCUT2D eigenvalue weighted by Crippen LogP contribution is 2.24. The number of nitrogens with zero attached hydrogens (tertiary/aromatic N) is 2. The third kappa shape index (κ3) is 2.46. The van der Waals surface area contributed by atoms with Gasteiger partial charge in [-0.25, -0.2) is 0 Å². The number of hydrogen-bond acceptors (Lipinski definition) is 5. The molecule has 2 rings (SSSR count). The number of H-pyrrole nitrogens is 1. The minimum absolute atomic E-state index is 0.133. The molecule has 96 valence electrons. The SMILES string of the molecule is O=c1[nH]cc(-c2cccc([N+](=O)[O-])c2)cc1[N+](=O)[O-]. The van der Waals surface area contributed by atoms with E-state index in [-0.39, 0.29) is 5.69 Å². The molecular weight excluding hydrogens is 254 g/mol. The van der Waals surface area contributed by atoms with Gasteiger partial charge in [-0.05, 0) is 5.56 Å². The van der Waals surface area contributed by atoms with Crippen molar-refractivity contribution in [3.8, 4) is 11.1 Å². The maximum Gasteiger partial charge on any atom is 0.334 e. The molecule has 0 aliphatic rings. The van der Waals surface area contributed by atoms with Crippen molar-refractivity contribution in [3.63, 3.8) is 0 Å². The summed E-state index contributed by atoms with van der Waals surface area (Å²) >= 11 is 0. The van der Waals surface area contributed by atoms with Gasteiger partial charge in [0.15, 0.2) is 0 Å². The smallest absolute Gasteiger partial charge is 0.323 e. The second-order valence-corrected chi connectivity index (χ2v) is 3.67. The molecule has 0 bridgehead atoms. The molecule has 0 radical (unpaired) electrons. The van der Waals surface area contributed by atoms with Crippen molar-refractivity contribution in [2.45, 2.75) is 0 Å². The predicted octanol–water partition coefficient (Wildman–Crippen LogP) is 1.86. The molecule has 1 aromatic heterocycles. The van der Waals surface area contributed by atoms with Crippen LogP contribution in [-0.2, 0) is 0 Å². The second kappa shape index (κ2) is 4.69. The minimum Gasteiger partial charge on any atom is -0.323 e. The molecule has 0 amide bonds. The topological polar surface area (TPSA) is 119 Å². The molecule has 1 N–H and O–H groups in total. The average Bonchev–Trinajstić information content (AvgIpc) is 2.39. The summed E-state index contributed by atoms with van der Waals surface area (Å²) in [4.78, 5) is 33.4. The van der Waals surface area contributed by atoms with Crippen LogP contribution in [-0.4, -0.2) is 14.8 Å². The van der Waals surface area contributed by atoms with E-state index in [1.807, 2.05) is 0 Å². The number of nitrogens with one attached hydrogen (secondary N) is 1. The Labute approximate surface area is 105 Å². The molecule has 0 aliphatic carbocycles. The van der Waals surface area contributed by atoms with Crippen LogP contribution >= 0.6 is 0 Å². The maximum atomic E-state index is 11.2. The highest BCUT2D eigenvalue weighted by atomic mass is 16.6. The predicted molar refractivity (Wildman–Crippen MR) is 65.8 cm³/mol. The van der Waals surface area contributed by atoms with Crippen LogP contribution in [0.4, 0.5) is 11.4 Å². The molecule has 0 fully saturated rings. The number of hydrogen-bond donors (Lipinski definition) is 1. The molecule has 8 heteroatoms. The van der Waals surface area contributed by atoms with Crippen LogP contribution in [0.15, 0.2) is 41.3 Å². The highest BCUT2D eigenvalue weighted by Gasteiger charge is 2.14. The van der Waals surface area contributed by atoms with E-state index in [0.717, 1.165) is 6.07 Å². The monoisotopic (exact) mass is 261 g/mol. The van der Waals surface area contributed by atoms with E-state index in [4.69, 9.17) is 0 Å². The van der Waals surface area contributed by atoms with Gasteiger partial charge in [-0.1, -0.05) is 12.1 Å². The number of pyridine rings is 1. The van der Waals surface area contributed by atoms with E-state index >= 15 is 0 Å². The van der Waals surface area contributed by atoms with Gasteiger partial charge in [0.05, 0.1) is 9.85 Å². The summed E-state index contributed by atoms with van der Waals surface area (Å²) < 4.78 is 0. The number of benzene rings is 1. The second-order valence-electron chi connectivity index (χ2n) is 3.67. The van der Waals surface area contributed by atoms with Gasteiger partial charge in [-0.15, -0.1) is 0 Å². The number of rotatable bonds is 3. The third-order valence-electron chi connectivity index (χ3n) is 2.47. The molecule has 0 saturated carbocycles.